The van der Waals surface area contributed by atoms with E-state index in [0.29, 0.717) is 5.69 Å². The Morgan fingerprint density at radius 2 is 1.59 bits per heavy atom. The SMILES string of the molecule is CC(=O)Nc1ccc(N2C(=O)c3ccc(C(=O)OCC(=O)c4c(N)n(CC(C)C)c(=O)n(C)c4=O)cc3C2=O)cc1. The molecule has 1 aromatic heterocycles. The Labute approximate surface area is 233 Å². The largest absolute Gasteiger partial charge is 0.454 e. The number of nitrogens with two attached hydrogens (primary N) is 1. The quantitative estimate of drug-likeness (QED) is 0.234. The van der Waals surface area contributed by atoms with Crippen LogP contribution in [-0.2, 0) is 23.1 Å². The van der Waals surface area contributed by atoms with Crippen LogP contribution in [0.4, 0.5) is 17.2 Å². The van der Waals surface area contributed by atoms with Crippen LogP contribution in [0.2, 0.25) is 0 Å². The van der Waals surface area contributed by atoms with Gasteiger partial charge in [-0.05, 0) is 48.4 Å². The molecule has 3 aromatic rings. The van der Waals surface area contributed by atoms with E-state index in [1.165, 1.54) is 56.4 Å². The number of aromatic nitrogens is 2. The van der Waals surface area contributed by atoms with E-state index >= 15 is 0 Å². The molecule has 0 atom stereocenters. The number of fused-ring (bicyclic) bond motifs is 1. The lowest BCUT2D eigenvalue weighted by molar-refractivity contribution is -0.114. The highest BCUT2D eigenvalue weighted by Crippen LogP contribution is 2.30. The minimum Gasteiger partial charge on any atom is -0.454 e. The Balaban J connectivity index is 1.53. The number of nitrogens with one attached hydrogen (secondary N) is 1. The number of nitrogen functional groups attached to an aromatic ring is 1. The van der Waals surface area contributed by atoms with Gasteiger partial charge in [0, 0.05) is 26.2 Å². The topological polar surface area (TPSA) is 180 Å². The summed E-state index contributed by atoms with van der Waals surface area (Å²) in [6.45, 7) is 4.32. The minimum atomic E-state index is -0.981. The van der Waals surface area contributed by atoms with E-state index in [1.807, 2.05) is 13.8 Å². The van der Waals surface area contributed by atoms with Gasteiger partial charge in [0.15, 0.2) is 6.61 Å². The van der Waals surface area contributed by atoms with Crippen molar-refractivity contribution in [2.24, 2.45) is 13.0 Å². The van der Waals surface area contributed by atoms with Crippen molar-refractivity contribution in [2.45, 2.75) is 27.3 Å². The third-order valence-corrected chi connectivity index (χ3v) is 6.31. The molecule has 13 heteroatoms. The summed E-state index contributed by atoms with van der Waals surface area (Å²) in [6.07, 6.45) is 0. The highest BCUT2D eigenvalue weighted by atomic mass is 16.5. The van der Waals surface area contributed by atoms with Gasteiger partial charge in [-0.1, -0.05) is 13.8 Å². The van der Waals surface area contributed by atoms with E-state index in [4.69, 9.17) is 10.5 Å². The maximum absolute atomic E-state index is 13.1. The lowest BCUT2D eigenvalue weighted by atomic mass is 10.1. The summed E-state index contributed by atoms with van der Waals surface area (Å²) in [6, 6.07) is 9.82. The number of hydrogen-bond donors (Lipinski definition) is 2. The van der Waals surface area contributed by atoms with E-state index in [9.17, 15) is 33.6 Å². The fraction of sp³-hybridized carbons (Fsp3) is 0.250. The van der Waals surface area contributed by atoms with Gasteiger partial charge in [0.1, 0.15) is 11.4 Å². The van der Waals surface area contributed by atoms with E-state index in [2.05, 4.69) is 5.32 Å². The molecule has 0 fully saturated rings. The number of imide groups is 1. The van der Waals surface area contributed by atoms with Gasteiger partial charge in [0.25, 0.3) is 17.4 Å². The zero-order chi connectivity index (χ0) is 30.2. The molecule has 2 aromatic carbocycles. The first kappa shape index (κ1) is 28.7. The van der Waals surface area contributed by atoms with E-state index in [-0.39, 0.29) is 46.6 Å². The van der Waals surface area contributed by atoms with Crippen molar-refractivity contribution >= 4 is 46.7 Å². The van der Waals surface area contributed by atoms with E-state index in [0.717, 1.165) is 14.0 Å². The molecule has 0 saturated carbocycles. The number of nitrogens with zero attached hydrogens (tertiary/aromatic N) is 3. The standard InChI is InChI=1S/C28H27N5O8/c1-14(2)12-32-23(29)22(26(38)31(4)28(32)40)21(35)13-41-27(39)16-5-10-19-20(11-16)25(37)33(24(19)36)18-8-6-17(7-9-18)30-15(3)34/h5-11,14H,12-13,29H2,1-4H3,(H,30,34). The number of ether oxygens (including phenoxy) is 1. The first-order valence-corrected chi connectivity index (χ1v) is 12.5. The molecule has 212 valence electrons. The van der Waals surface area contributed by atoms with Crippen molar-refractivity contribution in [2.75, 3.05) is 22.6 Å². The van der Waals surface area contributed by atoms with Crippen LogP contribution in [0.5, 0.6) is 0 Å². The fourth-order valence-electron chi connectivity index (χ4n) is 4.37. The molecule has 0 aliphatic carbocycles. The summed E-state index contributed by atoms with van der Waals surface area (Å²) >= 11 is 0. The number of benzene rings is 2. The smallest absolute Gasteiger partial charge is 0.338 e. The Kier molecular flexibility index (Phi) is 7.72. The number of ketones is 1. The second kappa shape index (κ2) is 11.0. The third kappa shape index (κ3) is 5.41. The maximum atomic E-state index is 13.1. The normalized spacial score (nSPS) is 12.5. The van der Waals surface area contributed by atoms with Crippen LogP contribution in [0.3, 0.4) is 0 Å². The molecule has 0 unspecified atom stereocenters. The monoisotopic (exact) mass is 561 g/mol. The number of anilines is 3. The third-order valence-electron chi connectivity index (χ3n) is 6.31. The van der Waals surface area contributed by atoms with Crippen molar-refractivity contribution in [3.05, 3.63) is 85.6 Å². The Morgan fingerprint density at radius 3 is 2.20 bits per heavy atom. The molecule has 0 spiro atoms. The number of amides is 3. The van der Waals surface area contributed by atoms with Gasteiger partial charge in [-0.25, -0.2) is 14.5 Å². The number of esters is 1. The summed E-state index contributed by atoms with van der Waals surface area (Å²) < 4.78 is 6.97. The summed E-state index contributed by atoms with van der Waals surface area (Å²) in [7, 11) is 1.22. The summed E-state index contributed by atoms with van der Waals surface area (Å²) in [5.41, 5.74) is 4.59. The minimum absolute atomic E-state index is 0.0123. The lowest BCUT2D eigenvalue weighted by Gasteiger charge is -2.16. The molecule has 1 aliphatic heterocycles. The number of Topliss-reactive ketones (excluding diaryl/α,β-unsaturated/α-hetero) is 1. The predicted molar refractivity (Wildman–Crippen MR) is 148 cm³/mol. The van der Waals surface area contributed by atoms with Crippen molar-refractivity contribution in [1.82, 2.24) is 9.13 Å². The van der Waals surface area contributed by atoms with Crippen molar-refractivity contribution < 1.29 is 28.7 Å². The predicted octanol–water partition coefficient (Wildman–Crippen LogP) is 1.58. The zero-order valence-corrected chi connectivity index (χ0v) is 22.7. The lowest BCUT2D eigenvalue weighted by Crippen LogP contribution is -2.43. The average molecular weight is 562 g/mol. The first-order chi connectivity index (χ1) is 19.3. The van der Waals surface area contributed by atoms with Crippen molar-refractivity contribution in [3.8, 4) is 0 Å². The van der Waals surface area contributed by atoms with E-state index in [1.54, 1.807) is 0 Å². The second-order valence-electron chi connectivity index (χ2n) is 9.84. The summed E-state index contributed by atoms with van der Waals surface area (Å²) in [5.74, 6) is -3.77. The fourth-order valence-corrected chi connectivity index (χ4v) is 4.37. The molecule has 2 heterocycles. The molecule has 4 rings (SSSR count). The Morgan fingerprint density at radius 1 is 0.951 bits per heavy atom. The number of carbonyl (C=O) groups excluding carboxylic acids is 5. The van der Waals surface area contributed by atoms with Crippen LogP contribution in [0.1, 0.15) is 62.2 Å². The van der Waals surface area contributed by atoms with Crippen LogP contribution in [0, 0.1) is 5.92 Å². The first-order valence-electron chi connectivity index (χ1n) is 12.5. The van der Waals surface area contributed by atoms with Crippen molar-refractivity contribution in [3.63, 3.8) is 0 Å². The highest BCUT2D eigenvalue weighted by Gasteiger charge is 2.37. The van der Waals surface area contributed by atoms with Crippen LogP contribution >= 0.6 is 0 Å². The molecular weight excluding hydrogens is 534 g/mol. The van der Waals surface area contributed by atoms with Gasteiger partial charge in [-0.15, -0.1) is 0 Å². The molecule has 0 saturated heterocycles. The molecule has 3 N–H and O–H groups in total. The summed E-state index contributed by atoms with van der Waals surface area (Å²) in [5, 5.41) is 2.59. The molecule has 1 aliphatic rings. The van der Waals surface area contributed by atoms with E-state index < -0.39 is 47.0 Å². The van der Waals surface area contributed by atoms with Gasteiger partial charge in [-0.3, -0.25) is 33.1 Å². The second-order valence-corrected chi connectivity index (χ2v) is 9.84. The van der Waals surface area contributed by atoms with Gasteiger partial charge < -0.3 is 15.8 Å². The van der Waals surface area contributed by atoms with Crippen LogP contribution in [0.25, 0.3) is 0 Å². The van der Waals surface area contributed by atoms with Crippen LogP contribution in [-0.4, -0.2) is 45.2 Å². The van der Waals surface area contributed by atoms with Gasteiger partial charge >= 0.3 is 11.7 Å². The molecule has 0 bridgehead atoms. The molecule has 13 nitrogen and oxygen atoms in total. The number of carbonyl (C=O) groups is 5. The molecule has 41 heavy (non-hydrogen) atoms. The van der Waals surface area contributed by atoms with Gasteiger partial charge in [-0.2, -0.15) is 0 Å². The average Bonchev–Trinajstić information content (AvgIpc) is 3.17. The Hall–Kier alpha value is -5.33. The molecule has 3 amide bonds. The number of rotatable bonds is 8. The van der Waals surface area contributed by atoms with Gasteiger partial charge in [0.2, 0.25) is 11.7 Å². The molecular formula is C28H27N5O8. The maximum Gasteiger partial charge on any atom is 0.338 e. The van der Waals surface area contributed by atoms with Crippen molar-refractivity contribution in [1.29, 1.82) is 0 Å². The molecule has 0 radical (unpaired) electrons. The number of hydrogen-bond acceptors (Lipinski definition) is 9. The van der Waals surface area contributed by atoms with Gasteiger partial charge in [0.05, 0.1) is 22.4 Å². The van der Waals surface area contributed by atoms with Crippen LogP contribution < -0.4 is 27.2 Å². The van der Waals surface area contributed by atoms with Crippen LogP contribution in [0.15, 0.2) is 52.1 Å². The zero-order valence-electron chi connectivity index (χ0n) is 22.7. The Bertz CT molecular complexity index is 1730. The summed E-state index contributed by atoms with van der Waals surface area (Å²) in [4.78, 5) is 88.9. The highest BCUT2D eigenvalue weighted by molar-refractivity contribution is 6.34.